The van der Waals surface area contributed by atoms with Gasteiger partial charge in [0, 0.05) is 6.61 Å². The summed E-state index contributed by atoms with van der Waals surface area (Å²) in [5.41, 5.74) is 0. The number of halogens is 1. The number of aliphatic hydroxyl groups is 2. The Morgan fingerprint density at radius 2 is 2.09 bits per heavy atom. The lowest BCUT2D eigenvalue weighted by molar-refractivity contribution is -0.124. The third kappa shape index (κ3) is 5.18. The molecule has 66 valence electrons. The predicted octanol–water partition coefficient (Wildman–Crippen LogP) is 0.318. The molecule has 0 amide bonds. The number of hydrogen-bond donors (Lipinski definition) is 2. The lowest BCUT2D eigenvalue weighted by atomic mass is 10.1. The van der Waals surface area contributed by atoms with Crippen LogP contribution in [0.25, 0.3) is 0 Å². The molecule has 0 fully saturated rings. The van der Waals surface area contributed by atoms with Gasteiger partial charge < -0.3 is 10.2 Å². The summed E-state index contributed by atoms with van der Waals surface area (Å²) in [6, 6.07) is 0. The van der Waals surface area contributed by atoms with Crippen LogP contribution >= 0.6 is 11.6 Å². The van der Waals surface area contributed by atoms with Gasteiger partial charge in [0.05, 0.1) is 5.88 Å². The third-order valence-corrected chi connectivity index (χ3v) is 1.65. The van der Waals surface area contributed by atoms with Gasteiger partial charge in [0.1, 0.15) is 6.10 Å². The van der Waals surface area contributed by atoms with Crippen molar-refractivity contribution in [3.63, 3.8) is 0 Å². The van der Waals surface area contributed by atoms with Crippen LogP contribution < -0.4 is 0 Å². The molecule has 1 unspecified atom stereocenters. The number of Topliss-reactive ketones (excluding diaryl/α,β-unsaturated/α-hetero) is 1. The summed E-state index contributed by atoms with van der Waals surface area (Å²) in [5, 5.41) is 17.4. The molecule has 3 nitrogen and oxygen atoms in total. The van der Waals surface area contributed by atoms with Crippen molar-refractivity contribution in [3.05, 3.63) is 0 Å². The van der Waals surface area contributed by atoms with E-state index in [4.69, 9.17) is 21.8 Å². The van der Waals surface area contributed by atoms with Crippen LogP contribution in [-0.2, 0) is 4.79 Å². The number of unbranched alkanes of at least 4 members (excludes halogenated alkanes) is 1. The van der Waals surface area contributed by atoms with Gasteiger partial charge in [-0.15, -0.1) is 11.6 Å². The SMILES string of the molecule is O=C(CCl)C(O)CCCCO. The summed E-state index contributed by atoms with van der Waals surface area (Å²) in [7, 11) is 0. The van der Waals surface area contributed by atoms with Crippen molar-refractivity contribution in [3.8, 4) is 0 Å². The molecule has 0 spiro atoms. The fourth-order valence-corrected chi connectivity index (χ4v) is 0.878. The van der Waals surface area contributed by atoms with Crippen molar-refractivity contribution >= 4 is 17.4 Å². The summed E-state index contributed by atoms with van der Waals surface area (Å²) >= 11 is 5.20. The second-order valence-corrected chi connectivity index (χ2v) is 2.60. The van der Waals surface area contributed by atoms with Gasteiger partial charge in [-0.2, -0.15) is 0 Å². The van der Waals surface area contributed by atoms with Crippen molar-refractivity contribution in [1.82, 2.24) is 0 Å². The molecule has 0 aliphatic heterocycles. The van der Waals surface area contributed by atoms with Crippen LogP contribution in [0.2, 0.25) is 0 Å². The van der Waals surface area contributed by atoms with Gasteiger partial charge in [-0.05, 0) is 19.3 Å². The molecule has 0 bridgehead atoms. The second-order valence-electron chi connectivity index (χ2n) is 2.34. The molecule has 1 atom stereocenters. The maximum absolute atomic E-state index is 10.7. The average Bonchev–Trinajstić information content (AvgIpc) is 2.03. The van der Waals surface area contributed by atoms with Crippen molar-refractivity contribution in [1.29, 1.82) is 0 Å². The number of carbonyl (C=O) groups is 1. The number of alkyl halides is 1. The smallest absolute Gasteiger partial charge is 0.175 e. The average molecular weight is 181 g/mol. The summed E-state index contributed by atoms with van der Waals surface area (Å²) in [6.45, 7) is 0.0990. The highest BCUT2D eigenvalue weighted by molar-refractivity contribution is 6.28. The summed E-state index contributed by atoms with van der Waals surface area (Å²) in [5.74, 6) is -0.482. The minimum absolute atomic E-state index is 0.0990. The first-order valence-electron chi connectivity index (χ1n) is 3.60. The Morgan fingerprint density at radius 1 is 1.45 bits per heavy atom. The molecule has 0 aliphatic rings. The molecule has 0 aliphatic carbocycles. The lowest BCUT2D eigenvalue weighted by Crippen LogP contribution is -2.21. The van der Waals surface area contributed by atoms with E-state index in [2.05, 4.69) is 0 Å². The molecular formula is C7H13ClO3. The van der Waals surface area contributed by atoms with E-state index in [1.165, 1.54) is 0 Å². The Labute approximate surface area is 71.0 Å². The van der Waals surface area contributed by atoms with Crippen molar-refractivity contribution in [2.45, 2.75) is 25.4 Å². The predicted molar refractivity (Wildman–Crippen MR) is 42.7 cm³/mol. The zero-order valence-electron chi connectivity index (χ0n) is 6.29. The molecule has 0 radical (unpaired) electrons. The Bertz CT molecular complexity index is 116. The van der Waals surface area contributed by atoms with E-state index in [0.717, 1.165) is 0 Å². The number of aliphatic hydroxyl groups excluding tert-OH is 2. The fraction of sp³-hybridized carbons (Fsp3) is 0.857. The van der Waals surface area contributed by atoms with E-state index in [-0.39, 0.29) is 18.3 Å². The minimum atomic E-state index is -0.945. The summed E-state index contributed by atoms with van der Waals surface area (Å²) in [6.07, 6.45) is 0.720. The minimum Gasteiger partial charge on any atom is -0.396 e. The summed E-state index contributed by atoms with van der Waals surface area (Å²) in [4.78, 5) is 10.7. The highest BCUT2D eigenvalue weighted by Gasteiger charge is 2.12. The molecular weight excluding hydrogens is 168 g/mol. The maximum atomic E-state index is 10.7. The Balaban J connectivity index is 3.36. The zero-order valence-corrected chi connectivity index (χ0v) is 7.05. The molecule has 0 aromatic rings. The monoisotopic (exact) mass is 180 g/mol. The molecule has 0 aromatic carbocycles. The Kier molecular flexibility index (Phi) is 6.51. The molecule has 4 heteroatoms. The molecule has 0 aromatic heterocycles. The highest BCUT2D eigenvalue weighted by atomic mass is 35.5. The van der Waals surface area contributed by atoms with Gasteiger partial charge in [-0.25, -0.2) is 0 Å². The van der Waals surface area contributed by atoms with E-state index in [9.17, 15) is 4.79 Å². The normalized spacial score (nSPS) is 13.0. The lowest BCUT2D eigenvalue weighted by Gasteiger charge is -2.05. The quantitative estimate of drug-likeness (QED) is 0.457. The first kappa shape index (κ1) is 10.9. The molecule has 11 heavy (non-hydrogen) atoms. The van der Waals surface area contributed by atoms with Gasteiger partial charge in [0.25, 0.3) is 0 Å². The van der Waals surface area contributed by atoms with Gasteiger partial charge in [0.15, 0.2) is 5.78 Å². The molecule has 0 heterocycles. The van der Waals surface area contributed by atoms with Gasteiger partial charge in [-0.1, -0.05) is 0 Å². The molecule has 2 N–H and O–H groups in total. The maximum Gasteiger partial charge on any atom is 0.175 e. The first-order chi connectivity index (χ1) is 5.22. The number of carbonyl (C=O) groups excluding carboxylic acids is 1. The molecule has 0 saturated carbocycles. The Morgan fingerprint density at radius 3 is 2.55 bits per heavy atom. The molecule has 0 saturated heterocycles. The van der Waals surface area contributed by atoms with E-state index in [0.29, 0.717) is 19.3 Å². The van der Waals surface area contributed by atoms with Crippen molar-refractivity contribution < 1.29 is 15.0 Å². The van der Waals surface area contributed by atoms with Gasteiger partial charge >= 0.3 is 0 Å². The number of ketones is 1. The van der Waals surface area contributed by atoms with Crippen molar-refractivity contribution in [2.75, 3.05) is 12.5 Å². The van der Waals surface area contributed by atoms with Crippen LogP contribution in [0.15, 0.2) is 0 Å². The van der Waals surface area contributed by atoms with Crippen molar-refractivity contribution in [2.24, 2.45) is 0 Å². The molecule has 0 rings (SSSR count). The zero-order chi connectivity index (χ0) is 8.69. The number of hydrogen-bond acceptors (Lipinski definition) is 3. The van der Waals surface area contributed by atoms with Gasteiger partial charge in [0.2, 0.25) is 0 Å². The van der Waals surface area contributed by atoms with Crippen LogP contribution in [0.1, 0.15) is 19.3 Å². The van der Waals surface area contributed by atoms with E-state index >= 15 is 0 Å². The third-order valence-electron chi connectivity index (χ3n) is 1.39. The second kappa shape index (κ2) is 6.58. The van der Waals surface area contributed by atoms with E-state index < -0.39 is 6.10 Å². The topological polar surface area (TPSA) is 57.5 Å². The van der Waals surface area contributed by atoms with E-state index in [1.807, 2.05) is 0 Å². The van der Waals surface area contributed by atoms with Crippen LogP contribution in [0.3, 0.4) is 0 Å². The van der Waals surface area contributed by atoms with Crippen LogP contribution in [0, 0.1) is 0 Å². The van der Waals surface area contributed by atoms with Crippen LogP contribution in [0.5, 0.6) is 0 Å². The Hall–Kier alpha value is -0.120. The van der Waals surface area contributed by atoms with Gasteiger partial charge in [-0.3, -0.25) is 4.79 Å². The highest BCUT2D eigenvalue weighted by Crippen LogP contribution is 2.01. The fourth-order valence-electron chi connectivity index (χ4n) is 0.700. The van der Waals surface area contributed by atoms with Crippen LogP contribution in [-0.4, -0.2) is 34.6 Å². The first-order valence-corrected chi connectivity index (χ1v) is 4.13. The van der Waals surface area contributed by atoms with Crippen LogP contribution in [0.4, 0.5) is 0 Å². The largest absolute Gasteiger partial charge is 0.396 e. The number of rotatable bonds is 6. The summed E-state index contributed by atoms with van der Waals surface area (Å²) < 4.78 is 0. The van der Waals surface area contributed by atoms with E-state index in [1.54, 1.807) is 0 Å². The standard InChI is InChI=1S/C7H13ClO3/c8-5-7(11)6(10)3-1-2-4-9/h6,9-10H,1-5H2.